The molecule has 8 nitrogen and oxygen atoms in total. The Morgan fingerprint density at radius 1 is 1.22 bits per heavy atom. The van der Waals surface area contributed by atoms with Gasteiger partial charge in [0.25, 0.3) is 0 Å². The molecular formula is C19H16ClF4N5O3. The summed E-state index contributed by atoms with van der Waals surface area (Å²) in [6, 6.07) is 5.50. The van der Waals surface area contributed by atoms with Crippen LogP contribution in [0.5, 0.6) is 11.8 Å². The van der Waals surface area contributed by atoms with Gasteiger partial charge in [-0.05, 0) is 24.3 Å². The van der Waals surface area contributed by atoms with E-state index in [4.69, 9.17) is 21.1 Å². The van der Waals surface area contributed by atoms with E-state index in [9.17, 15) is 22.4 Å². The lowest BCUT2D eigenvalue weighted by Crippen LogP contribution is -2.35. The Bertz CT molecular complexity index is 1110. The fraction of sp³-hybridized carbons (Fsp3) is 0.211. The maximum Gasteiger partial charge on any atom is 0.423 e. The van der Waals surface area contributed by atoms with Crippen LogP contribution in [0.2, 0.25) is 5.02 Å². The third-order valence-corrected chi connectivity index (χ3v) is 4.55. The summed E-state index contributed by atoms with van der Waals surface area (Å²) in [4.78, 5) is 17.9. The summed E-state index contributed by atoms with van der Waals surface area (Å²) in [5.41, 5.74) is -1.29. The van der Waals surface area contributed by atoms with Crippen molar-refractivity contribution < 1.29 is 31.8 Å². The van der Waals surface area contributed by atoms with E-state index in [1.165, 1.54) is 37.6 Å². The van der Waals surface area contributed by atoms with Crippen LogP contribution in [-0.2, 0) is 12.7 Å². The van der Waals surface area contributed by atoms with E-state index >= 15 is 0 Å². The van der Waals surface area contributed by atoms with E-state index in [-0.39, 0.29) is 22.3 Å². The Hall–Kier alpha value is -3.54. The molecule has 0 aliphatic carbocycles. The Kier molecular flexibility index (Phi) is 6.72. The number of amides is 2. The van der Waals surface area contributed by atoms with Crippen LogP contribution in [0.15, 0.2) is 36.5 Å². The first-order valence-corrected chi connectivity index (χ1v) is 9.24. The second-order valence-electron chi connectivity index (χ2n) is 6.29. The van der Waals surface area contributed by atoms with Crippen molar-refractivity contribution in [1.82, 2.24) is 15.2 Å². The molecule has 0 unspecified atom stereocenters. The summed E-state index contributed by atoms with van der Waals surface area (Å²) < 4.78 is 63.8. The minimum atomic E-state index is -4.79. The first-order chi connectivity index (χ1) is 15.1. The van der Waals surface area contributed by atoms with Gasteiger partial charge in [-0.15, -0.1) is 5.10 Å². The molecule has 3 aromatic rings. The fourth-order valence-electron chi connectivity index (χ4n) is 2.77. The SMILES string of the molecule is COc1ccc(N(Cc2[nH]nc(OC)c2C(F)(F)F)C(=O)Nc2ccc(F)c(Cl)c2)cn1. The number of hydrogen-bond acceptors (Lipinski definition) is 5. The van der Waals surface area contributed by atoms with Gasteiger partial charge in [0.05, 0.1) is 43.4 Å². The number of aromatic amines is 1. The number of alkyl halides is 3. The Morgan fingerprint density at radius 3 is 2.53 bits per heavy atom. The Balaban J connectivity index is 1.98. The maximum absolute atomic E-state index is 13.6. The van der Waals surface area contributed by atoms with Crippen molar-refractivity contribution in [2.24, 2.45) is 0 Å². The van der Waals surface area contributed by atoms with Gasteiger partial charge in [0, 0.05) is 11.8 Å². The molecular weight excluding hydrogens is 458 g/mol. The van der Waals surface area contributed by atoms with Crippen LogP contribution >= 0.6 is 11.6 Å². The smallest absolute Gasteiger partial charge is 0.423 e. The number of ether oxygens (including phenoxy) is 2. The molecule has 0 spiro atoms. The lowest BCUT2D eigenvalue weighted by Gasteiger charge is -2.23. The first kappa shape index (κ1) is 23.1. The number of nitrogens with one attached hydrogen (secondary N) is 2. The van der Waals surface area contributed by atoms with Gasteiger partial charge in [0.2, 0.25) is 11.8 Å². The second kappa shape index (κ2) is 9.30. The third-order valence-electron chi connectivity index (χ3n) is 4.26. The molecule has 0 aliphatic heterocycles. The summed E-state index contributed by atoms with van der Waals surface area (Å²) in [6.45, 7) is -0.569. The number of urea groups is 1. The van der Waals surface area contributed by atoms with Crippen LogP contribution in [0.4, 0.5) is 33.7 Å². The largest absolute Gasteiger partial charge is 0.481 e. The number of benzene rings is 1. The molecule has 0 radical (unpaired) electrons. The van der Waals surface area contributed by atoms with Gasteiger partial charge < -0.3 is 14.8 Å². The topological polar surface area (TPSA) is 92.4 Å². The minimum absolute atomic E-state index is 0.131. The summed E-state index contributed by atoms with van der Waals surface area (Å²) in [7, 11) is 2.43. The zero-order valence-electron chi connectivity index (χ0n) is 16.6. The standard InChI is InChI=1S/C19H16ClF4N5O3/c1-31-15-6-4-11(8-25-15)29(18(30)26-10-3-5-13(21)12(20)7-10)9-14-16(19(22,23)24)17(32-2)28-27-14/h3-8H,9H2,1-2H3,(H,26,30)(H,27,28). The Morgan fingerprint density at radius 2 is 1.97 bits per heavy atom. The minimum Gasteiger partial charge on any atom is -0.481 e. The molecule has 13 heteroatoms. The van der Waals surface area contributed by atoms with Gasteiger partial charge in [0.15, 0.2) is 0 Å². The molecule has 0 aliphatic rings. The summed E-state index contributed by atoms with van der Waals surface area (Å²) in [5, 5.41) is 8.01. The molecule has 0 bridgehead atoms. The van der Waals surface area contributed by atoms with Crippen LogP contribution in [0.3, 0.4) is 0 Å². The number of anilines is 2. The molecule has 0 atom stereocenters. The highest BCUT2D eigenvalue weighted by molar-refractivity contribution is 6.31. The van der Waals surface area contributed by atoms with Gasteiger partial charge in [-0.25, -0.2) is 14.2 Å². The van der Waals surface area contributed by atoms with Crippen LogP contribution in [-0.4, -0.2) is 35.4 Å². The van der Waals surface area contributed by atoms with Crippen molar-refractivity contribution in [1.29, 1.82) is 0 Å². The van der Waals surface area contributed by atoms with Crippen LogP contribution in [0.1, 0.15) is 11.3 Å². The molecule has 0 saturated heterocycles. The van der Waals surface area contributed by atoms with Gasteiger partial charge in [-0.2, -0.15) is 13.2 Å². The van der Waals surface area contributed by atoms with Gasteiger partial charge in [0.1, 0.15) is 11.4 Å². The lowest BCUT2D eigenvalue weighted by atomic mass is 10.2. The molecule has 170 valence electrons. The quantitative estimate of drug-likeness (QED) is 0.498. The second-order valence-corrected chi connectivity index (χ2v) is 6.70. The number of methoxy groups -OCH3 is 2. The monoisotopic (exact) mass is 473 g/mol. The van der Waals surface area contributed by atoms with E-state index in [1.54, 1.807) is 0 Å². The lowest BCUT2D eigenvalue weighted by molar-refractivity contribution is -0.139. The van der Waals surface area contributed by atoms with E-state index in [1.807, 2.05) is 0 Å². The number of halogens is 5. The summed E-state index contributed by atoms with van der Waals surface area (Å²) in [6.07, 6.45) is -3.55. The van der Waals surface area contributed by atoms with Crippen LogP contribution in [0, 0.1) is 5.82 Å². The van der Waals surface area contributed by atoms with Crippen molar-refractivity contribution in [2.45, 2.75) is 12.7 Å². The highest BCUT2D eigenvalue weighted by Crippen LogP contribution is 2.38. The highest BCUT2D eigenvalue weighted by Gasteiger charge is 2.40. The van der Waals surface area contributed by atoms with Crippen molar-refractivity contribution in [3.05, 3.63) is 58.6 Å². The normalized spacial score (nSPS) is 11.2. The van der Waals surface area contributed by atoms with E-state index in [0.717, 1.165) is 18.1 Å². The van der Waals surface area contributed by atoms with Crippen molar-refractivity contribution >= 4 is 29.0 Å². The predicted molar refractivity (Wildman–Crippen MR) is 108 cm³/mol. The maximum atomic E-state index is 13.6. The van der Waals surface area contributed by atoms with Crippen molar-refractivity contribution in [2.75, 3.05) is 24.4 Å². The summed E-state index contributed by atoms with van der Waals surface area (Å²) in [5.74, 6) is -1.12. The molecule has 32 heavy (non-hydrogen) atoms. The zero-order valence-corrected chi connectivity index (χ0v) is 17.4. The van der Waals surface area contributed by atoms with Crippen LogP contribution in [0.25, 0.3) is 0 Å². The molecule has 1 aromatic carbocycles. The molecule has 2 aromatic heterocycles. The molecule has 0 saturated carbocycles. The number of nitrogens with zero attached hydrogens (tertiary/aromatic N) is 3. The molecule has 2 N–H and O–H groups in total. The van der Waals surface area contributed by atoms with Gasteiger partial charge in [-0.1, -0.05) is 11.6 Å². The van der Waals surface area contributed by atoms with E-state index < -0.39 is 41.7 Å². The molecule has 2 amide bonds. The van der Waals surface area contributed by atoms with E-state index in [2.05, 4.69) is 20.5 Å². The third kappa shape index (κ3) is 5.02. The molecule has 0 fully saturated rings. The summed E-state index contributed by atoms with van der Waals surface area (Å²) >= 11 is 5.73. The Labute approximate surface area is 184 Å². The first-order valence-electron chi connectivity index (χ1n) is 8.86. The number of aromatic nitrogens is 3. The molecule has 3 rings (SSSR count). The van der Waals surface area contributed by atoms with Crippen molar-refractivity contribution in [3.63, 3.8) is 0 Å². The highest BCUT2D eigenvalue weighted by atomic mass is 35.5. The average Bonchev–Trinajstić information content (AvgIpc) is 3.18. The number of carbonyl (C=O) groups excluding carboxylic acids is 1. The van der Waals surface area contributed by atoms with Gasteiger partial charge in [-0.3, -0.25) is 10.00 Å². The fourth-order valence-corrected chi connectivity index (χ4v) is 2.95. The predicted octanol–water partition coefficient (Wildman–Crippen LogP) is 4.87. The van der Waals surface area contributed by atoms with Crippen LogP contribution < -0.4 is 19.7 Å². The number of carbonyl (C=O) groups is 1. The number of rotatable bonds is 6. The number of hydrogen-bond donors (Lipinski definition) is 2. The van der Waals surface area contributed by atoms with Gasteiger partial charge >= 0.3 is 12.2 Å². The van der Waals surface area contributed by atoms with E-state index in [0.29, 0.717) is 0 Å². The average molecular weight is 474 g/mol. The van der Waals surface area contributed by atoms with Crippen molar-refractivity contribution in [3.8, 4) is 11.8 Å². The number of H-pyrrole nitrogens is 1. The number of pyridine rings is 1. The zero-order chi connectivity index (χ0) is 23.5. The molecule has 2 heterocycles.